The van der Waals surface area contributed by atoms with Gasteiger partial charge in [-0.2, -0.15) is 0 Å². The highest BCUT2D eigenvalue weighted by Gasteiger charge is 2.08. The number of aryl methyl sites for hydroxylation is 1. The number of phenolic OH excluding ortho intramolecular Hbond substituents is 1. The molecule has 0 radical (unpaired) electrons. The van der Waals surface area contributed by atoms with E-state index in [0.717, 1.165) is 16.6 Å². The average Bonchev–Trinajstić information content (AvgIpc) is 2.74. The predicted molar refractivity (Wildman–Crippen MR) is 67.8 cm³/mol. The first-order chi connectivity index (χ1) is 8.65. The van der Waals surface area contributed by atoms with Crippen LogP contribution in [0.5, 0.6) is 5.75 Å². The molecule has 0 spiro atoms. The van der Waals surface area contributed by atoms with Crippen molar-refractivity contribution in [2.24, 2.45) is 7.05 Å². The number of phenols is 1. The van der Waals surface area contributed by atoms with Crippen molar-refractivity contribution in [1.29, 1.82) is 0 Å². The summed E-state index contributed by atoms with van der Waals surface area (Å²) in [6, 6.07) is 9.50. The van der Waals surface area contributed by atoms with Gasteiger partial charge in [0.15, 0.2) is 0 Å². The number of halogens is 1. The minimum absolute atomic E-state index is 0.0617. The number of rotatable bonds is 1. The van der Waals surface area contributed by atoms with Crippen LogP contribution in [0.15, 0.2) is 42.7 Å². The molecule has 3 nitrogen and oxygen atoms in total. The molecule has 2 aromatic carbocycles. The van der Waals surface area contributed by atoms with Crippen molar-refractivity contribution in [1.82, 2.24) is 9.55 Å². The molecular formula is C14H11FN2O. The fourth-order valence-electron chi connectivity index (χ4n) is 2.04. The van der Waals surface area contributed by atoms with Crippen LogP contribution in [-0.4, -0.2) is 14.7 Å². The molecule has 1 N–H and O–H groups in total. The van der Waals surface area contributed by atoms with Crippen LogP contribution in [0, 0.1) is 5.82 Å². The van der Waals surface area contributed by atoms with Crippen LogP contribution in [0.1, 0.15) is 0 Å². The van der Waals surface area contributed by atoms with Gasteiger partial charge in [0.25, 0.3) is 0 Å². The van der Waals surface area contributed by atoms with Gasteiger partial charge < -0.3 is 9.67 Å². The monoisotopic (exact) mass is 242 g/mol. The van der Waals surface area contributed by atoms with Crippen LogP contribution in [-0.2, 0) is 7.05 Å². The third-order valence-corrected chi connectivity index (χ3v) is 3.00. The van der Waals surface area contributed by atoms with Crippen LogP contribution < -0.4 is 0 Å². The Labute approximate surface area is 103 Å². The summed E-state index contributed by atoms with van der Waals surface area (Å²) in [7, 11) is 1.91. The molecule has 18 heavy (non-hydrogen) atoms. The fraction of sp³-hybridized carbons (Fsp3) is 0.0714. The Morgan fingerprint density at radius 2 is 2.00 bits per heavy atom. The summed E-state index contributed by atoms with van der Waals surface area (Å²) in [4.78, 5) is 4.24. The van der Waals surface area contributed by atoms with E-state index in [1.54, 1.807) is 6.33 Å². The maximum atomic E-state index is 13.2. The van der Waals surface area contributed by atoms with Gasteiger partial charge in [-0.05, 0) is 35.9 Å². The molecule has 0 saturated carbocycles. The summed E-state index contributed by atoms with van der Waals surface area (Å²) >= 11 is 0. The maximum absolute atomic E-state index is 13.2. The molecule has 3 rings (SSSR count). The van der Waals surface area contributed by atoms with Crippen molar-refractivity contribution in [2.75, 3.05) is 0 Å². The third kappa shape index (κ3) is 1.62. The number of aromatic nitrogens is 2. The zero-order valence-corrected chi connectivity index (χ0v) is 9.76. The lowest BCUT2D eigenvalue weighted by Gasteiger charge is -2.05. The Morgan fingerprint density at radius 3 is 2.83 bits per heavy atom. The minimum atomic E-state index is -0.371. The van der Waals surface area contributed by atoms with Crippen molar-refractivity contribution in [3.8, 4) is 16.9 Å². The van der Waals surface area contributed by atoms with Gasteiger partial charge >= 0.3 is 0 Å². The van der Waals surface area contributed by atoms with Crippen LogP contribution in [0.25, 0.3) is 22.2 Å². The molecule has 1 aromatic heterocycles. The van der Waals surface area contributed by atoms with Crippen LogP contribution in [0.3, 0.4) is 0 Å². The summed E-state index contributed by atoms with van der Waals surface area (Å²) in [6.07, 6.45) is 1.72. The molecule has 4 heteroatoms. The number of hydrogen-bond acceptors (Lipinski definition) is 2. The molecule has 0 aliphatic carbocycles. The van der Waals surface area contributed by atoms with Crippen molar-refractivity contribution in [3.63, 3.8) is 0 Å². The third-order valence-electron chi connectivity index (χ3n) is 3.00. The molecule has 3 aromatic rings. The van der Waals surface area contributed by atoms with Gasteiger partial charge in [0, 0.05) is 12.6 Å². The largest absolute Gasteiger partial charge is 0.507 e. The van der Waals surface area contributed by atoms with Gasteiger partial charge in [-0.25, -0.2) is 9.37 Å². The lowest BCUT2D eigenvalue weighted by atomic mass is 10.0. The molecule has 1 heterocycles. The number of hydrogen-bond donors (Lipinski definition) is 1. The van der Waals surface area contributed by atoms with Crippen molar-refractivity contribution in [2.45, 2.75) is 0 Å². The Kier molecular flexibility index (Phi) is 2.30. The van der Waals surface area contributed by atoms with Crippen molar-refractivity contribution < 1.29 is 9.50 Å². The Balaban J connectivity index is 2.22. The first kappa shape index (κ1) is 10.8. The van der Waals surface area contributed by atoms with Crippen molar-refractivity contribution in [3.05, 3.63) is 48.5 Å². The number of benzene rings is 2. The minimum Gasteiger partial charge on any atom is -0.507 e. The van der Waals surface area contributed by atoms with E-state index in [9.17, 15) is 9.50 Å². The van der Waals surface area contributed by atoms with E-state index >= 15 is 0 Å². The van der Waals surface area contributed by atoms with E-state index in [0.29, 0.717) is 5.56 Å². The first-order valence-corrected chi connectivity index (χ1v) is 5.55. The lowest BCUT2D eigenvalue weighted by molar-refractivity contribution is 0.475. The van der Waals surface area contributed by atoms with Crippen LogP contribution in [0.2, 0.25) is 0 Å². The second kappa shape index (κ2) is 3.84. The molecule has 90 valence electrons. The molecule has 0 bridgehead atoms. The van der Waals surface area contributed by atoms with Crippen LogP contribution >= 0.6 is 0 Å². The summed E-state index contributed by atoms with van der Waals surface area (Å²) in [5.41, 5.74) is 3.04. The first-order valence-electron chi connectivity index (χ1n) is 5.55. The van der Waals surface area contributed by atoms with E-state index in [-0.39, 0.29) is 11.6 Å². The van der Waals surface area contributed by atoms with Gasteiger partial charge in [-0.15, -0.1) is 0 Å². The van der Waals surface area contributed by atoms with E-state index in [1.807, 2.05) is 29.8 Å². The lowest BCUT2D eigenvalue weighted by Crippen LogP contribution is -1.85. The van der Waals surface area contributed by atoms with Gasteiger partial charge in [0.2, 0.25) is 0 Å². The molecule has 0 fully saturated rings. The Morgan fingerprint density at radius 1 is 1.17 bits per heavy atom. The summed E-state index contributed by atoms with van der Waals surface area (Å²) in [6.45, 7) is 0. The highest BCUT2D eigenvalue weighted by Crippen LogP contribution is 2.31. The van der Waals surface area contributed by atoms with Crippen LogP contribution in [0.4, 0.5) is 4.39 Å². The second-order valence-electron chi connectivity index (χ2n) is 4.22. The van der Waals surface area contributed by atoms with Gasteiger partial charge in [0.05, 0.1) is 17.4 Å². The topological polar surface area (TPSA) is 38.0 Å². The van der Waals surface area contributed by atoms with Gasteiger partial charge in [-0.1, -0.05) is 6.07 Å². The Bertz CT molecular complexity index is 734. The smallest absolute Gasteiger partial charge is 0.124 e. The number of fused-ring (bicyclic) bond motifs is 1. The molecule has 0 unspecified atom stereocenters. The number of aromatic hydroxyl groups is 1. The maximum Gasteiger partial charge on any atom is 0.124 e. The highest BCUT2D eigenvalue weighted by molar-refractivity contribution is 5.83. The zero-order valence-electron chi connectivity index (χ0n) is 9.76. The molecule has 0 saturated heterocycles. The quantitative estimate of drug-likeness (QED) is 0.712. The summed E-state index contributed by atoms with van der Waals surface area (Å²) in [5, 5.41) is 9.77. The molecule has 0 atom stereocenters. The SMILES string of the molecule is Cn1cnc2cc(-c3cc(F)ccc3O)ccc21. The molecule has 0 aliphatic rings. The molecule has 0 amide bonds. The zero-order chi connectivity index (χ0) is 12.7. The highest BCUT2D eigenvalue weighted by atomic mass is 19.1. The predicted octanol–water partition coefficient (Wildman–Crippen LogP) is 3.09. The van der Waals surface area contributed by atoms with E-state index in [2.05, 4.69) is 4.98 Å². The Hall–Kier alpha value is -2.36. The number of imidazole rings is 1. The fourth-order valence-corrected chi connectivity index (χ4v) is 2.04. The van der Waals surface area contributed by atoms with Crippen molar-refractivity contribution >= 4 is 11.0 Å². The summed E-state index contributed by atoms with van der Waals surface area (Å²) < 4.78 is 15.1. The summed E-state index contributed by atoms with van der Waals surface area (Å²) in [5.74, 6) is -0.310. The van der Waals surface area contributed by atoms with Gasteiger partial charge in [-0.3, -0.25) is 0 Å². The average molecular weight is 242 g/mol. The normalized spacial score (nSPS) is 11.0. The van der Waals surface area contributed by atoms with Gasteiger partial charge in [0.1, 0.15) is 11.6 Å². The number of nitrogens with zero attached hydrogens (tertiary/aromatic N) is 2. The second-order valence-corrected chi connectivity index (χ2v) is 4.22. The van der Waals surface area contributed by atoms with E-state index in [1.165, 1.54) is 18.2 Å². The van der Waals surface area contributed by atoms with E-state index < -0.39 is 0 Å². The molecular weight excluding hydrogens is 231 g/mol. The standard InChI is InChI=1S/C14H11FN2O/c1-17-8-16-12-6-9(2-4-13(12)17)11-7-10(15)3-5-14(11)18/h2-8,18H,1H3. The van der Waals surface area contributed by atoms with E-state index in [4.69, 9.17) is 0 Å². The molecule has 0 aliphatic heterocycles.